The van der Waals surface area contributed by atoms with Gasteiger partial charge in [0.25, 0.3) is 0 Å². The van der Waals surface area contributed by atoms with Crippen LogP contribution in [0.5, 0.6) is 0 Å². The van der Waals surface area contributed by atoms with E-state index in [1.165, 1.54) is 22.3 Å². The van der Waals surface area contributed by atoms with Gasteiger partial charge in [-0.25, -0.2) is 9.37 Å². The molecule has 4 rings (SSSR count). The van der Waals surface area contributed by atoms with E-state index in [2.05, 4.69) is 10.3 Å². The third kappa shape index (κ3) is 2.94. The standard InChI is InChI=1S/C19H16FN3O2S/c1-11-5-4-8-15-17(11)21-19(26-15)22-18(25)12-9-16(24)23(10-12)14-7-3-2-6-13(14)20/h2-8,12H,9-10H2,1H3,(H,21,22,25)/t12-/m0/s1. The van der Waals surface area contributed by atoms with E-state index in [0.717, 1.165) is 15.8 Å². The first-order valence-corrected chi connectivity index (χ1v) is 9.06. The molecule has 2 amide bonds. The highest BCUT2D eigenvalue weighted by atomic mass is 32.1. The number of hydrogen-bond acceptors (Lipinski definition) is 4. The molecule has 0 spiro atoms. The van der Waals surface area contributed by atoms with Crippen molar-refractivity contribution >= 4 is 44.2 Å². The summed E-state index contributed by atoms with van der Waals surface area (Å²) in [4.78, 5) is 30.6. The van der Waals surface area contributed by atoms with Gasteiger partial charge in [0.1, 0.15) is 5.82 Å². The van der Waals surface area contributed by atoms with E-state index in [1.54, 1.807) is 18.2 Å². The Balaban J connectivity index is 1.51. The number of aromatic nitrogens is 1. The first-order chi connectivity index (χ1) is 12.5. The minimum Gasteiger partial charge on any atom is -0.309 e. The van der Waals surface area contributed by atoms with Gasteiger partial charge in [0.05, 0.1) is 21.8 Å². The van der Waals surface area contributed by atoms with Crippen molar-refractivity contribution in [2.45, 2.75) is 13.3 Å². The fraction of sp³-hybridized carbons (Fsp3) is 0.211. The van der Waals surface area contributed by atoms with Gasteiger partial charge in [0, 0.05) is 13.0 Å². The van der Waals surface area contributed by atoms with Crippen molar-refractivity contribution in [3.05, 3.63) is 53.8 Å². The normalized spacial score (nSPS) is 17.1. The van der Waals surface area contributed by atoms with Gasteiger partial charge < -0.3 is 10.2 Å². The van der Waals surface area contributed by atoms with Gasteiger partial charge in [-0.15, -0.1) is 0 Å². The molecule has 1 saturated heterocycles. The highest BCUT2D eigenvalue weighted by Crippen LogP contribution is 2.30. The SMILES string of the molecule is Cc1cccc2sc(NC(=O)[C@H]3CC(=O)N(c4ccccc4F)C3)nc12. The Hall–Kier alpha value is -2.80. The summed E-state index contributed by atoms with van der Waals surface area (Å²) < 4.78 is 14.9. The van der Waals surface area contributed by atoms with E-state index in [4.69, 9.17) is 0 Å². The quantitative estimate of drug-likeness (QED) is 0.765. The number of carbonyl (C=O) groups excluding carboxylic acids is 2. The number of carbonyl (C=O) groups is 2. The van der Waals surface area contributed by atoms with Crippen LogP contribution in [0.1, 0.15) is 12.0 Å². The number of hydrogen-bond donors (Lipinski definition) is 1. The maximum absolute atomic E-state index is 13.9. The van der Waals surface area contributed by atoms with Gasteiger partial charge in [-0.1, -0.05) is 35.6 Å². The molecule has 1 aliphatic rings. The number of nitrogens with zero attached hydrogens (tertiary/aromatic N) is 2. The molecule has 2 heterocycles. The Morgan fingerprint density at radius 2 is 2.08 bits per heavy atom. The molecule has 2 aromatic carbocycles. The molecule has 1 N–H and O–H groups in total. The molecule has 1 aliphatic heterocycles. The fourth-order valence-electron chi connectivity index (χ4n) is 3.13. The number of nitrogens with one attached hydrogen (secondary N) is 1. The summed E-state index contributed by atoms with van der Waals surface area (Å²) in [5, 5.41) is 3.31. The van der Waals surface area contributed by atoms with Crippen LogP contribution in [0.2, 0.25) is 0 Å². The van der Waals surface area contributed by atoms with Crippen molar-refractivity contribution in [3.8, 4) is 0 Å². The lowest BCUT2D eigenvalue weighted by molar-refractivity contribution is -0.122. The molecule has 0 unspecified atom stereocenters. The molecule has 1 fully saturated rings. The molecule has 0 radical (unpaired) electrons. The van der Waals surface area contributed by atoms with Gasteiger partial charge in [-0.05, 0) is 30.7 Å². The number of rotatable bonds is 3. The number of amides is 2. The van der Waals surface area contributed by atoms with Crippen LogP contribution >= 0.6 is 11.3 Å². The van der Waals surface area contributed by atoms with Crippen LogP contribution in [0.25, 0.3) is 10.2 Å². The highest BCUT2D eigenvalue weighted by molar-refractivity contribution is 7.22. The van der Waals surface area contributed by atoms with Crippen molar-refractivity contribution in [1.29, 1.82) is 0 Å². The van der Waals surface area contributed by atoms with Gasteiger partial charge in [0.15, 0.2) is 5.13 Å². The number of fused-ring (bicyclic) bond motifs is 1. The van der Waals surface area contributed by atoms with Crippen LogP contribution < -0.4 is 10.2 Å². The van der Waals surface area contributed by atoms with Crippen LogP contribution in [-0.4, -0.2) is 23.3 Å². The number of para-hydroxylation sites is 2. The average Bonchev–Trinajstić information content (AvgIpc) is 3.19. The summed E-state index contributed by atoms with van der Waals surface area (Å²) in [6.45, 7) is 2.13. The smallest absolute Gasteiger partial charge is 0.231 e. The summed E-state index contributed by atoms with van der Waals surface area (Å²) in [6.07, 6.45) is 0.0596. The topological polar surface area (TPSA) is 62.3 Å². The summed E-state index contributed by atoms with van der Waals surface area (Å²) in [5.74, 6) is -1.52. The first-order valence-electron chi connectivity index (χ1n) is 8.25. The number of halogens is 1. The second-order valence-electron chi connectivity index (χ2n) is 6.29. The number of thiazole rings is 1. The predicted molar refractivity (Wildman–Crippen MR) is 99.8 cm³/mol. The molecule has 132 valence electrons. The van der Waals surface area contributed by atoms with E-state index < -0.39 is 11.7 Å². The van der Waals surface area contributed by atoms with Crippen LogP contribution in [-0.2, 0) is 9.59 Å². The zero-order valence-corrected chi connectivity index (χ0v) is 14.8. The Kier molecular flexibility index (Phi) is 4.16. The maximum atomic E-state index is 13.9. The molecule has 26 heavy (non-hydrogen) atoms. The van der Waals surface area contributed by atoms with Crippen molar-refractivity contribution < 1.29 is 14.0 Å². The molecule has 7 heteroatoms. The first kappa shape index (κ1) is 16.7. The second kappa shape index (κ2) is 6.49. The molecule has 0 saturated carbocycles. The molecule has 0 aliphatic carbocycles. The average molecular weight is 369 g/mol. The Morgan fingerprint density at radius 1 is 1.27 bits per heavy atom. The molecule has 3 aromatic rings. The zero-order valence-electron chi connectivity index (χ0n) is 14.0. The van der Waals surface area contributed by atoms with Crippen LogP contribution in [0.15, 0.2) is 42.5 Å². The van der Waals surface area contributed by atoms with E-state index in [9.17, 15) is 14.0 Å². The number of aryl methyl sites for hydroxylation is 1. The van der Waals surface area contributed by atoms with Crippen molar-refractivity contribution in [3.63, 3.8) is 0 Å². The summed E-state index contributed by atoms with van der Waals surface area (Å²) in [5.41, 5.74) is 2.12. The minimum absolute atomic E-state index is 0.0596. The number of anilines is 2. The van der Waals surface area contributed by atoms with Crippen LogP contribution in [0.4, 0.5) is 15.2 Å². The third-order valence-electron chi connectivity index (χ3n) is 4.49. The van der Waals surface area contributed by atoms with Crippen molar-refractivity contribution in [2.24, 2.45) is 5.92 Å². The number of benzene rings is 2. The molecule has 1 atom stereocenters. The Labute approximate surface area is 153 Å². The van der Waals surface area contributed by atoms with Gasteiger partial charge in [-0.2, -0.15) is 0 Å². The predicted octanol–water partition coefficient (Wildman–Crippen LogP) is 3.74. The highest BCUT2D eigenvalue weighted by Gasteiger charge is 2.36. The monoisotopic (exact) mass is 369 g/mol. The van der Waals surface area contributed by atoms with Crippen LogP contribution in [0.3, 0.4) is 0 Å². The lowest BCUT2D eigenvalue weighted by Gasteiger charge is -2.17. The lowest BCUT2D eigenvalue weighted by atomic mass is 10.1. The summed E-state index contributed by atoms with van der Waals surface area (Å²) in [6, 6.07) is 12.0. The minimum atomic E-state index is -0.532. The zero-order chi connectivity index (χ0) is 18.3. The molecule has 1 aromatic heterocycles. The van der Waals surface area contributed by atoms with Crippen molar-refractivity contribution in [1.82, 2.24) is 4.98 Å². The van der Waals surface area contributed by atoms with E-state index >= 15 is 0 Å². The largest absolute Gasteiger partial charge is 0.309 e. The summed E-state index contributed by atoms with van der Waals surface area (Å²) >= 11 is 1.40. The van der Waals surface area contributed by atoms with Gasteiger partial charge >= 0.3 is 0 Å². The lowest BCUT2D eigenvalue weighted by Crippen LogP contribution is -2.28. The summed E-state index contributed by atoms with van der Waals surface area (Å²) in [7, 11) is 0. The van der Waals surface area contributed by atoms with E-state index in [1.807, 2.05) is 25.1 Å². The van der Waals surface area contributed by atoms with Gasteiger partial charge in [-0.3, -0.25) is 9.59 Å². The van der Waals surface area contributed by atoms with Crippen molar-refractivity contribution in [2.75, 3.05) is 16.8 Å². The maximum Gasteiger partial charge on any atom is 0.231 e. The molecular formula is C19H16FN3O2S. The van der Waals surface area contributed by atoms with Crippen LogP contribution in [0, 0.1) is 18.7 Å². The third-order valence-corrected chi connectivity index (χ3v) is 5.43. The van der Waals surface area contributed by atoms with Gasteiger partial charge in [0.2, 0.25) is 11.8 Å². The molecule has 0 bridgehead atoms. The second-order valence-corrected chi connectivity index (χ2v) is 7.32. The fourth-order valence-corrected chi connectivity index (χ4v) is 4.08. The van der Waals surface area contributed by atoms with E-state index in [-0.39, 0.29) is 30.5 Å². The Bertz CT molecular complexity index is 1020. The molecule has 5 nitrogen and oxygen atoms in total. The van der Waals surface area contributed by atoms with E-state index in [0.29, 0.717) is 5.13 Å². The Morgan fingerprint density at radius 3 is 2.85 bits per heavy atom. The molecular weight excluding hydrogens is 353 g/mol.